The predicted molar refractivity (Wildman–Crippen MR) is 69.2 cm³/mol. The average Bonchev–Trinajstić information content (AvgIpc) is 2.39. The molecule has 0 amide bonds. The molecule has 0 spiro atoms. The van der Waals surface area contributed by atoms with Gasteiger partial charge in [-0.2, -0.15) is 4.39 Å². The van der Waals surface area contributed by atoms with Crippen LogP contribution in [0.25, 0.3) is 0 Å². The molecule has 1 aromatic carbocycles. The molecule has 0 saturated carbocycles. The Labute approximate surface area is 110 Å². The van der Waals surface area contributed by atoms with E-state index >= 15 is 0 Å². The maximum Gasteiger partial charge on any atom is 0.212 e. The molecular weight excluding hydrogens is 248 g/mol. The van der Waals surface area contributed by atoms with Gasteiger partial charge in [0.05, 0.1) is 5.54 Å². The Morgan fingerprint density at radius 2 is 1.63 bits per heavy atom. The van der Waals surface area contributed by atoms with Gasteiger partial charge in [-0.3, -0.25) is 0 Å². The molecule has 2 atom stereocenters. The first kappa shape index (κ1) is 13.6. The van der Waals surface area contributed by atoms with Crippen LogP contribution in [0.2, 0.25) is 0 Å². The molecular formula is C14H15F2N3. The van der Waals surface area contributed by atoms with E-state index < -0.39 is 17.5 Å². The Morgan fingerprint density at radius 1 is 1.05 bits per heavy atom. The first-order chi connectivity index (χ1) is 8.94. The Morgan fingerprint density at radius 3 is 2.11 bits per heavy atom. The molecule has 0 saturated heterocycles. The summed E-state index contributed by atoms with van der Waals surface area (Å²) in [6.07, 6.45) is 1.35. The standard InChI is InChI=1S/C14H15F2N3/c1-9(17)14(18,10-2-5-12(15)6-3-10)11-4-7-13(16)19-8-11/h2-9H,17-18H2,1H3/t9-,14+/m0/s1. The minimum atomic E-state index is -1.05. The first-order valence-electron chi connectivity index (χ1n) is 5.87. The van der Waals surface area contributed by atoms with Gasteiger partial charge in [0.1, 0.15) is 5.82 Å². The summed E-state index contributed by atoms with van der Waals surface area (Å²) in [6.45, 7) is 1.74. The molecule has 0 aliphatic rings. The van der Waals surface area contributed by atoms with Gasteiger partial charge in [0, 0.05) is 12.2 Å². The van der Waals surface area contributed by atoms with Crippen molar-refractivity contribution < 1.29 is 8.78 Å². The van der Waals surface area contributed by atoms with Gasteiger partial charge >= 0.3 is 0 Å². The van der Waals surface area contributed by atoms with Crippen molar-refractivity contribution in [2.24, 2.45) is 11.5 Å². The molecule has 0 bridgehead atoms. The fourth-order valence-electron chi connectivity index (χ4n) is 2.04. The SMILES string of the molecule is C[C@H](N)[C@@](N)(c1ccc(F)cc1)c1ccc(F)nc1. The van der Waals surface area contributed by atoms with Gasteiger partial charge in [-0.1, -0.05) is 18.2 Å². The largest absolute Gasteiger partial charge is 0.326 e. The second-order valence-corrected chi connectivity index (χ2v) is 4.53. The number of benzene rings is 1. The van der Waals surface area contributed by atoms with E-state index in [1.807, 2.05) is 0 Å². The molecule has 0 unspecified atom stereocenters. The van der Waals surface area contributed by atoms with E-state index in [9.17, 15) is 8.78 Å². The summed E-state index contributed by atoms with van der Waals surface area (Å²) in [6, 6.07) is 8.08. The Bertz CT molecular complexity index is 504. The van der Waals surface area contributed by atoms with Crippen LogP contribution in [0, 0.1) is 11.8 Å². The minimum Gasteiger partial charge on any atom is -0.326 e. The first-order valence-corrected chi connectivity index (χ1v) is 5.87. The Hall–Kier alpha value is -1.85. The van der Waals surface area contributed by atoms with E-state index in [2.05, 4.69) is 4.98 Å². The number of rotatable bonds is 3. The third-order valence-corrected chi connectivity index (χ3v) is 3.25. The zero-order valence-electron chi connectivity index (χ0n) is 10.5. The van der Waals surface area contributed by atoms with Gasteiger partial charge in [0.25, 0.3) is 0 Å². The van der Waals surface area contributed by atoms with E-state index in [4.69, 9.17) is 11.5 Å². The highest BCUT2D eigenvalue weighted by Crippen LogP contribution is 2.29. The Kier molecular flexibility index (Phi) is 3.59. The fraction of sp³-hybridized carbons (Fsp3) is 0.214. The average molecular weight is 263 g/mol. The fourth-order valence-corrected chi connectivity index (χ4v) is 2.04. The molecule has 2 aromatic rings. The third kappa shape index (κ3) is 2.47. The maximum atomic E-state index is 13.0. The van der Waals surface area contributed by atoms with Crippen LogP contribution in [-0.2, 0) is 5.54 Å². The van der Waals surface area contributed by atoms with Gasteiger partial charge in [-0.15, -0.1) is 0 Å². The lowest BCUT2D eigenvalue weighted by Gasteiger charge is -2.34. The molecule has 19 heavy (non-hydrogen) atoms. The molecule has 0 aliphatic heterocycles. The zero-order chi connectivity index (χ0) is 14.0. The van der Waals surface area contributed by atoms with Crippen LogP contribution in [0.5, 0.6) is 0 Å². The van der Waals surface area contributed by atoms with Crippen molar-refractivity contribution >= 4 is 0 Å². The van der Waals surface area contributed by atoms with Crippen LogP contribution < -0.4 is 11.5 Å². The van der Waals surface area contributed by atoms with E-state index in [1.165, 1.54) is 30.5 Å². The number of hydrogen-bond donors (Lipinski definition) is 2. The summed E-state index contributed by atoms with van der Waals surface area (Å²) < 4.78 is 25.9. The van der Waals surface area contributed by atoms with Crippen molar-refractivity contribution in [2.45, 2.75) is 18.5 Å². The van der Waals surface area contributed by atoms with Crippen molar-refractivity contribution in [1.82, 2.24) is 4.98 Å². The van der Waals surface area contributed by atoms with Gasteiger partial charge in [0.15, 0.2) is 0 Å². The Balaban J connectivity index is 2.54. The lowest BCUT2D eigenvalue weighted by Crippen LogP contribution is -2.51. The molecule has 0 aliphatic carbocycles. The zero-order valence-corrected chi connectivity index (χ0v) is 10.5. The van der Waals surface area contributed by atoms with E-state index in [-0.39, 0.29) is 5.82 Å². The summed E-state index contributed by atoms with van der Waals surface area (Å²) in [5, 5.41) is 0. The van der Waals surface area contributed by atoms with Crippen molar-refractivity contribution in [3.8, 4) is 0 Å². The molecule has 3 nitrogen and oxygen atoms in total. The summed E-state index contributed by atoms with van der Waals surface area (Å²) in [5.41, 5.74) is 12.5. The third-order valence-electron chi connectivity index (χ3n) is 3.25. The van der Waals surface area contributed by atoms with Gasteiger partial charge < -0.3 is 11.5 Å². The summed E-state index contributed by atoms with van der Waals surface area (Å²) in [4.78, 5) is 3.59. The quantitative estimate of drug-likeness (QED) is 0.831. The van der Waals surface area contributed by atoms with Gasteiger partial charge in [0.2, 0.25) is 5.95 Å². The lowest BCUT2D eigenvalue weighted by molar-refractivity contribution is 0.441. The summed E-state index contributed by atoms with van der Waals surface area (Å²) in [5.74, 6) is -0.942. The van der Waals surface area contributed by atoms with Gasteiger partial charge in [-0.05, 0) is 36.2 Å². The smallest absolute Gasteiger partial charge is 0.212 e. The van der Waals surface area contributed by atoms with E-state index in [0.29, 0.717) is 11.1 Å². The lowest BCUT2D eigenvalue weighted by atomic mass is 9.79. The molecule has 100 valence electrons. The second kappa shape index (κ2) is 5.03. The molecule has 1 heterocycles. The second-order valence-electron chi connectivity index (χ2n) is 4.53. The molecule has 2 rings (SSSR count). The van der Waals surface area contributed by atoms with Crippen molar-refractivity contribution in [2.75, 3.05) is 0 Å². The molecule has 0 fully saturated rings. The highest BCUT2D eigenvalue weighted by molar-refractivity contribution is 5.38. The van der Waals surface area contributed by atoms with Gasteiger partial charge in [-0.25, -0.2) is 9.37 Å². The van der Waals surface area contributed by atoms with Crippen LogP contribution >= 0.6 is 0 Å². The summed E-state index contributed by atoms with van der Waals surface area (Å²) >= 11 is 0. The molecule has 1 aromatic heterocycles. The minimum absolute atomic E-state index is 0.354. The number of nitrogens with zero attached hydrogens (tertiary/aromatic N) is 1. The normalized spacial score (nSPS) is 15.8. The van der Waals surface area contributed by atoms with Crippen LogP contribution in [0.1, 0.15) is 18.1 Å². The highest BCUT2D eigenvalue weighted by atomic mass is 19.1. The predicted octanol–water partition coefficient (Wildman–Crippen LogP) is 1.91. The molecule has 0 radical (unpaired) electrons. The topological polar surface area (TPSA) is 64.9 Å². The van der Waals surface area contributed by atoms with Crippen molar-refractivity contribution in [3.05, 3.63) is 65.5 Å². The van der Waals surface area contributed by atoms with Crippen LogP contribution in [0.3, 0.4) is 0 Å². The number of nitrogens with two attached hydrogens (primary N) is 2. The number of pyridine rings is 1. The highest BCUT2D eigenvalue weighted by Gasteiger charge is 2.34. The maximum absolute atomic E-state index is 13.0. The monoisotopic (exact) mass is 263 g/mol. The van der Waals surface area contributed by atoms with Crippen LogP contribution in [0.4, 0.5) is 8.78 Å². The summed E-state index contributed by atoms with van der Waals surface area (Å²) in [7, 11) is 0. The van der Waals surface area contributed by atoms with Crippen molar-refractivity contribution in [3.63, 3.8) is 0 Å². The number of aromatic nitrogens is 1. The number of halogens is 2. The van der Waals surface area contributed by atoms with Crippen molar-refractivity contribution in [1.29, 1.82) is 0 Å². The molecule has 4 N–H and O–H groups in total. The van der Waals surface area contributed by atoms with Crippen LogP contribution in [0.15, 0.2) is 42.6 Å². The van der Waals surface area contributed by atoms with Crippen LogP contribution in [-0.4, -0.2) is 11.0 Å². The molecule has 5 heteroatoms. The number of hydrogen-bond acceptors (Lipinski definition) is 3. The van der Waals surface area contributed by atoms with E-state index in [1.54, 1.807) is 19.1 Å². The van der Waals surface area contributed by atoms with E-state index in [0.717, 1.165) is 0 Å².